The van der Waals surface area contributed by atoms with Crippen molar-refractivity contribution in [2.24, 2.45) is 0 Å². The Kier molecular flexibility index (Phi) is 6.80. The Hall–Kier alpha value is -4.02. The molecule has 0 spiro atoms. The van der Waals surface area contributed by atoms with Gasteiger partial charge in [-0.3, -0.25) is 30.6 Å². The highest BCUT2D eigenvalue weighted by Crippen LogP contribution is 2.34. The number of nitrogens with zero attached hydrogens (tertiary/aromatic N) is 1. The molecule has 2 aromatic carbocycles. The fourth-order valence-corrected chi connectivity index (χ4v) is 2.43. The van der Waals surface area contributed by atoms with Crippen LogP contribution in [0.15, 0.2) is 30.3 Å². The van der Waals surface area contributed by atoms with Gasteiger partial charge in [0.05, 0.1) is 39.4 Å². The molecule has 0 aliphatic rings. The quantitative estimate of drug-likeness (QED) is 0.524. The average molecular weight is 405 g/mol. The molecule has 2 rings (SSSR count). The topological polar surface area (TPSA) is 138 Å². The van der Waals surface area contributed by atoms with E-state index >= 15 is 0 Å². The zero-order chi connectivity index (χ0) is 21.6. The summed E-state index contributed by atoms with van der Waals surface area (Å²) >= 11 is 0. The van der Waals surface area contributed by atoms with Gasteiger partial charge in [0, 0.05) is 11.6 Å². The predicted octanol–water partition coefficient (Wildman–Crippen LogP) is 1.70. The third-order valence-electron chi connectivity index (χ3n) is 3.88. The summed E-state index contributed by atoms with van der Waals surface area (Å²) in [5, 5.41) is 11.3. The van der Waals surface area contributed by atoms with Crippen LogP contribution in [0.4, 0.5) is 5.69 Å². The van der Waals surface area contributed by atoms with Gasteiger partial charge in [-0.25, -0.2) is 0 Å². The first-order valence-corrected chi connectivity index (χ1v) is 8.09. The molecule has 0 heterocycles. The Morgan fingerprint density at radius 3 is 1.86 bits per heavy atom. The number of nitro benzene ring substituents is 1. The second kappa shape index (κ2) is 9.26. The lowest BCUT2D eigenvalue weighted by atomic mass is 10.1. The molecule has 0 aliphatic carbocycles. The summed E-state index contributed by atoms with van der Waals surface area (Å²) in [6, 6.07) is 6.61. The van der Waals surface area contributed by atoms with Crippen LogP contribution in [0.2, 0.25) is 0 Å². The van der Waals surface area contributed by atoms with Crippen LogP contribution in [0.3, 0.4) is 0 Å². The van der Waals surface area contributed by atoms with Gasteiger partial charge in [-0.2, -0.15) is 0 Å². The van der Waals surface area contributed by atoms with E-state index in [0.29, 0.717) is 11.5 Å². The molecule has 2 N–H and O–H groups in total. The van der Waals surface area contributed by atoms with Crippen molar-refractivity contribution >= 4 is 17.5 Å². The van der Waals surface area contributed by atoms with Gasteiger partial charge in [0.25, 0.3) is 17.5 Å². The Labute approximate surface area is 165 Å². The lowest BCUT2D eigenvalue weighted by Gasteiger charge is -2.12. The van der Waals surface area contributed by atoms with Gasteiger partial charge in [-0.05, 0) is 18.2 Å². The number of hydrazine groups is 1. The van der Waals surface area contributed by atoms with E-state index in [-0.39, 0.29) is 22.6 Å². The van der Waals surface area contributed by atoms with E-state index in [9.17, 15) is 19.7 Å². The van der Waals surface area contributed by atoms with Gasteiger partial charge in [0.15, 0.2) is 23.0 Å². The van der Waals surface area contributed by atoms with E-state index in [1.54, 1.807) is 0 Å². The van der Waals surface area contributed by atoms with E-state index < -0.39 is 22.4 Å². The molecule has 0 aliphatic heterocycles. The van der Waals surface area contributed by atoms with Crippen molar-refractivity contribution in [3.8, 4) is 23.0 Å². The zero-order valence-corrected chi connectivity index (χ0v) is 16.1. The summed E-state index contributed by atoms with van der Waals surface area (Å²) in [4.78, 5) is 35.3. The minimum Gasteiger partial charge on any atom is -0.493 e. The molecule has 11 heteroatoms. The van der Waals surface area contributed by atoms with Crippen LogP contribution in [0.25, 0.3) is 0 Å². The summed E-state index contributed by atoms with van der Waals surface area (Å²) in [6.07, 6.45) is 0. The Balaban J connectivity index is 2.22. The first kappa shape index (κ1) is 21.3. The largest absolute Gasteiger partial charge is 0.493 e. The molecule has 29 heavy (non-hydrogen) atoms. The highest BCUT2D eigenvalue weighted by Gasteiger charge is 2.25. The number of hydrogen-bond donors (Lipinski definition) is 2. The van der Waals surface area contributed by atoms with Gasteiger partial charge in [0.2, 0.25) is 0 Å². The van der Waals surface area contributed by atoms with Gasteiger partial charge in [-0.15, -0.1) is 0 Å². The number of amides is 2. The van der Waals surface area contributed by atoms with E-state index in [4.69, 9.17) is 18.9 Å². The van der Waals surface area contributed by atoms with Crippen molar-refractivity contribution in [2.75, 3.05) is 28.4 Å². The summed E-state index contributed by atoms with van der Waals surface area (Å²) < 4.78 is 20.3. The summed E-state index contributed by atoms with van der Waals surface area (Å²) in [5.41, 5.74) is 3.66. The molecule has 2 amide bonds. The van der Waals surface area contributed by atoms with Gasteiger partial charge in [0.1, 0.15) is 5.56 Å². The molecule has 154 valence electrons. The third-order valence-corrected chi connectivity index (χ3v) is 3.88. The van der Waals surface area contributed by atoms with Crippen LogP contribution < -0.4 is 29.8 Å². The van der Waals surface area contributed by atoms with Crippen molar-refractivity contribution < 1.29 is 33.5 Å². The number of nitrogens with one attached hydrogen (secondary N) is 2. The van der Waals surface area contributed by atoms with Crippen molar-refractivity contribution in [3.05, 3.63) is 51.6 Å². The summed E-state index contributed by atoms with van der Waals surface area (Å²) in [7, 11) is 5.50. The van der Waals surface area contributed by atoms with Crippen molar-refractivity contribution in [2.45, 2.75) is 0 Å². The predicted molar refractivity (Wildman–Crippen MR) is 101 cm³/mol. The molecule has 0 fully saturated rings. The van der Waals surface area contributed by atoms with Gasteiger partial charge < -0.3 is 18.9 Å². The number of ether oxygens (including phenoxy) is 4. The minimum absolute atomic E-state index is 0.0881. The molecule has 0 unspecified atom stereocenters. The summed E-state index contributed by atoms with van der Waals surface area (Å²) in [6.45, 7) is 0. The second-order valence-electron chi connectivity index (χ2n) is 5.46. The first-order chi connectivity index (χ1) is 13.9. The molecule has 0 saturated carbocycles. The van der Waals surface area contributed by atoms with E-state index in [0.717, 1.165) is 12.1 Å². The van der Waals surface area contributed by atoms with Crippen LogP contribution in [0.1, 0.15) is 20.7 Å². The average Bonchev–Trinajstić information content (AvgIpc) is 2.75. The molecule has 2 aromatic rings. The van der Waals surface area contributed by atoms with Gasteiger partial charge in [-0.1, -0.05) is 0 Å². The van der Waals surface area contributed by atoms with E-state index in [2.05, 4.69) is 10.9 Å². The maximum Gasteiger partial charge on any atom is 0.286 e. The third kappa shape index (κ3) is 4.64. The van der Waals surface area contributed by atoms with Crippen LogP contribution >= 0.6 is 0 Å². The van der Waals surface area contributed by atoms with Crippen LogP contribution in [-0.2, 0) is 0 Å². The minimum atomic E-state index is -0.911. The fraction of sp³-hybridized carbons (Fsp3) is 0.222. The maximum absolute atomic E-state index is 12.4. The van der Waals surface area contributed by atoms with Crippen LogP contribution in [0.5, 0.6) is 23.0 Å². The lowest BCUT2D eigenvalue weighted by molar-refractivity contribution is -0.385. The highest BCUT2D eigenvalue weighted by molar-refractivity contribution is 6.02. The monoisotopic (exact) mass is 405 g/mol. The van der Waals surface area contributed by atoms with Crippen LogP contribution in [0, 0.1) is 10.1 Å². The van der Waals surface area contributed by atoms with Crippen LogP contribution in [-0.4, -0.2) is 45.2 Å². The molecular weight excluding hydrogens is 386 g/mol. The van der Waals surface area contributed by atoms with E-state index in [1.807, 2.05) is 0 Å². The lowest BCUT2D eigenvalue weighted by Crippen LogP contribution is -2.41. The smallest absolute Gasteiger partial charge is 0.286 e. The number of carbonyl (C=O) groups excluding carboxylic acids is 2. The number of carbonyl (C=O) groups is 2. The molecule has 0 atom stereocenters. The van der Waals surface area contributed by atoms with Crippen molar-refractivity contribution in [1.29, 1.82) is 0 Å². The molecule has 0 aromatic heterocycles. The zero-order valence-electron chi connectivity index (χ0n) is 16.1. The Bertz CT molecular complexity index is 945. The van der Waals surface area contributed by atoms with Gasteiger partial charge >= 0.3 is 0 Å². The molecule has 0 saturated heterocycles. The SMILES string of the molecule is COc1ccc(C(=O)NNC(=O)c2cc(OC)c(OC)cc2[N+](=O)[O-])cc1OC. The molecule has 11 nitrogen and oxygen atoms in total. The normalized spacial score (nSPS) is 9.93. The first-order valence-electron chi connectivity index (χ1n) is 8.09. The highest BCUT2D eigenvalue weighted by atomic mass is 16.6. The van der Waals surface area contributed by atoms with Crippen molar-refractivity contribution in [1.82, 2.24) is 10.9 Å². The molecule has 0 bridgehead atoms. The Morgan fingerprint density at radius 2 is 1.31 bits per heavy atom. The maximum atomic E-state index is 12.4. The Morgan fingerprint density at radius 1 is 0.793 bits per heavy atom. The molecular formula is C18H19N3O8. The number of methoxy groups -OCH3 is 4. The fourth-order valence-electron chi connectivity index (χ4n) is 2.43. The van der Waals surface area contributed by atoms with E-state index in [1.165, 1.54) is 46.6 Å². The van der Waals surface area contributed by atoms with Crippen molar-refractivity contribution in [3.63, 3.8) is 0 Å². The summed E-state index contributed by atoms with van der Waals surface area (Å²) in [5.74, 6) is -0.621. The number of hydrogen-bond acceptors (Lipinski definition) is 8. The standard InChI is InChI=1S/C18H19N3O8/c1-26-13-6-5-10(7-14(13)27-2)17(22)19-20-18(23)11-8-15(28-3)16(29-4)9-12(11)21(24)25/h5-9H,1-4H3,(H,19,22)(H,20,23). The number of nitro groups is 1. The number of rotatable bonds is 7. The molecule has 0 radical (unpaired) electrons. The second-order valence-corrected chi connectivity index (χ2v) is 5.46. The number of benzene rings is 2.